The molecule has 1 atom stereocenters. The highest BCUT2D eigenvalue weighted by Gasteiger charge is 2.44. The summed E-state index contributed by atoms with van der Waals surface area (Å²) in [5.41, 5.74) is 0.412. The molecule has 148 valence electrons. The van der Waals surface area contributed by atoms with Crippen LogP contribution in [0.4, 0.5) is 10.6 Å². The van der Waals surface area contributed by atoms with Gasteiger partial charge in [-0.1, -0.05) is 11.6 Å². The van der Waals surface area contributed by atoms with Crippen LogP contribution in [-0.4, -0.2) is 70.5 Å². The van der Waals surface area contributed by atoms with E-state index in [2.05, 4.69) is 15.0 Å². The standard InChI is InChI=1S/C18H21ClN6O3/c1-4-24(10-9-23(2)3)18(27)28-17-15-14(20-7-8-21-15)16(26)25(17)13-6-5-12(19)11-22-13/h5-8,11,17H,4,9-10H2,1-3H3/t17-/m0/s1. The third kappa shape index (κ3) is 4.05. The number of hydrogen-bond acceptors (Lipinski definition) is 7. The van der Waals surface area contributed by atoms with Crippen molar-refractivity contribution in [2.24, 2.45) is 0 Å². The molecule has 3 heterocycles. The summed E-state index contributed by atoms with van der Waals surface area (Å²) in [6.45, 7) is 3.52. The molecule has 28 heavy (non-hydrogen) atoms. The van der Waals surface area contributed by atoms with Gasteiger partial charge >= 0.3 is 6.09 Å². The number of carbonyl (C=O) groups excluding carboxylic acids is 2. The van der Waals surface area contributed by atoms with Gasteiger partial charge in [-0.05, 0) is 33.2 Å². The number of amides is 2. The van der Waals surface area contributed by atoms with Crippen LogP contribution in [-0.2, 0) is 4.74 Å². The maximum absolute atomic E-state index is 12.9. The lowest BCUT2D eigenvalue weighted by molar-refractivity contribution is 0.0590. The van der Waals surface area contributed by atoms with Crippen LogP contribution in [0.15, 0.2) is 30.7 Å². The van der Waals surface area contributed by atoms with Gasteiger partial charge in [0, 0.05) is 38.2 Å². The van der Waals surface area contributed by atoms with Crippen LogP contribution in [0.3, 0.4) is 0 Å². The van der Waals surface area contributed by atoms with E-state index in [1.807, 2.05) is 25.9 Å². The summed E-state index contributed by atoms with van der Waals surface area (Å²) in [5, 5.41) is 0.429. The lowest BCUT2D eigenvalue weighted by Crippen LogP contribution is -2.40. The Kier molecular flexibility index (Phi) is 6.05. The summed E-state index contributed by atoms with van der Waals surface area (Å²) >= 11 is 5.90. The molecule has 0 saturated carbocycles. The Balaban J connectivity index is 1.89. The Hall–Kier alpha value is -2.78. The first-order valence-corrected chi connectivity index (χ1v) is 9.16. The van der Waals surface area contributed by atoms with Crippen molar-refractivity contribution in [3.05, 3.63) is 47.1 Å². The third-order valence-corrected chi connectivity index (χ3v) is 4.47. The molecule has 2 amide bonds. The molecule has 0 unspecified atom stereocenters. The predicted octanol–water partition coefficient (Wildman–Crippen LogP) is 2.20. The molecule has 0 saturated heterocycles. The number of halogens is 1. The maximum Gasteiger partial charge on any atom is 0.412 e. The van der Waals surface area contributed by atoms with Gasteiger partial charge in [0.15, 0.2) is 5.69 Å². The van der Waals surface area contributed by atoms with E-state index in [0.717, 1.165) is 0 Å². The molecule has 0 fully saturated rings. The molecule has 9 nitrogen and oxygen atoms in total. The van der Waals surface area contributed by atoms with E-state index in [1.165, 1.54) is 23.5 Å². The van der Waals surface area contributed by atoms with Gasteiger partial charge in [0.2, 0.25) is 6.23 Å². The van der Waals surface area contributed by atoms with Crippen LogP contribution in [0, 0.1) is 0 Å². The molecule has 0 radical (unpaired) electrons. The topological polar surface area (TPSA) is 91.8 Å². The fraction of sp³-hybridized carbons (Fsp3) is 0.389. The highest BCUT2D eigenvalue weighted by Crippen LogP contribution is 2.35. The normalized spacial score (nSPS) is 15.7. The zero-order valence-corrected chi connectivity index (χ0v) is 16.6. The van der Waals surface area contributed by atoms with E-state index in [-0.39, 0.29) is 11.4 Å². The summed E-state index contributed by atoms with van der Waals surface area (Å²) in [7, 11) is 3.85. The second-order valence-corrected chi connectivity index (χ2v) is 6.86. The highest BCUT2D eigenvalue weighted by atomic mass is 35.5. The minimum Gasteiger partial charge on any atom is -0.419 e. The monoisotopic (exact) mass is 404 g/mol. The molecular weight excluding hydrogens is 384 g/mol. The van der Waals surface area contributed by atoms with Gasteiger partial charge in [-0.2, -0.15) is 0 Å². The van der Waals surface area contributed by atoms with Gasteiger partial charge in [0.1, 0.15) is 11.5 Å². The van der Waals surface area contributed by atoms with E-state index in [9.17, 15) is 9.59 Å². The Morgan fingerprint density at radius 3 is 2.61 bits per heavy atom. The fourth-order valence-corrected chi connectivity index (χ4v) is 2.86. The van der Waals surface area contributed by atoms with Crippen LogP contribution in [0.5, 0.6) is 0 Å². The number of carbonyl (C=O) groups is 2. The summed E-state index contributed by atoms with van der Waals surface area (Å²) in [5.74, 6) is -0.143. The van der Waals surface area contributed by atoms with Crippen molar-refractivity contribution in [2.75, 3.05) is 38.6 Å². The Bertz CT molecular complexity index is 861. The molecule has 0 bridgehead atoms. The van der Waals surface area contributed by atoms with Crippen LogP contribution in [0.2, 0.25) is 5.02 Å². The fourth-order valence-electron chi connectivity index (χ4n) is 2.75. The number of fused-ring (bicyclic) bond motifs is 1. The Morgan fingerprint density at radius 1 is 1.21 bits per heavy atom. The lowest BCUT2D eigenvalue weighted by Gasteiger charge is -2.27. The van der Waals surface area contributed by atoms with Gasteiger partial charge in [0.25, 0.3) is 5.91 Å². The number of rotatable bonds is 6. The summed E-state index contributed by atoms with van der Waals surface area (Å²) in [6, 6.07) is 3.19. The minimum atomic E-state index is -1.05. The van der Waals surface area contributed by atoms with Gasteiger partial charge in [-0.25, -0.2) is 19.7 Å². The second-order valence-electron chi connectivity index (χ2n) is 6.42. The van der Waals surface area contributed by atoms with E-state index in [0.29, 0.717) is 30.5 Å². The third-order valence-electron chi connectivity index (χ3n) is 4.24. The lowest BCUT2D eigenvalue weighted by atomic mass is 10.3. The molecular formula is C18H21ClN6O3. The molecule has 10 heteroatoms. The molecule has 0 N–H and O–H groups in total. The van der Waals surface area contributed by atoms with Gasteiger partial charge in [0.05, 0.1) is 5.02 Å². The summed E-state index contributed by atoms with van der Waals surface area (Å²) < 4.78 is 5.69. The molecule has 2 aromatic heterocycles. The van der Waals surface area contributed by atoms with Crippen molar-refractivity contribution >= 4 is 29.4 Å². The zero-order chi connectivity index (χ0) is 20.3. The smallest absolute Gasteiger partial charge is 0.412 e. The first kappa shape index (κ1) is 20.0. The second kappa shape index (κ2) is 8.49. The number of pyridine rings is 1. The highest BCUT2D eigenvalue weighted by molar-refractivity contribution is 6.30. The number of ether oxygens (including phenoxy) is 1. The number of nitrogens with zero attached hydrogens (tertiary/aromatic N) is 6. The van der Waals surface area contributed by atoms with Crippen LogP contribution >= 0.6 is 11.6 Å². The van der Waals surface area contributed by atoms with Crippen molar-refractivity contribution in [1.29, 1.82) is 0 Å². The molecule has 3 rings (SSSR count). The Morgan fingerprint density at radius 2 is 1.96 bits per heavy atom. The van der Waals surface area contributed by atoms with E-state index >= 15 is 0 Å². The quantitative estimate of drug-likeness (QED) is 0.728. The molecule has 0 aliphatic carbocycles. The average Bonchev–Trinajstić information content (AvgIpc) is 2.95. The number of aromatic nitrogens is 3. The predicted molar refractivity (Wildman–Crippen MR) is 103 cm³/mol. The largest absolute Gasteiger partial charge is 0.419 e. The minimum absolute atomic E-state index is 0.133. The van der Waals surface area contributed by atoms with Crippen LogP contribution in [0.25, 0.3) is 0 Å². The molecule has 1 aliphatic heterocycles. The van der Waals surface area contributed by atoms with Crippen LogP contribution in [0.1, 0.15) is 29.3 Å². The molecule has 0 aromatic carbocycles. The van der Waals surface area contributed by atoms with E-state index < -0.39 is 18.2 Å². The van der Waals surface area contributed by atoms with Crippen molar-refractivity contribution in [3.63, 3.8) is 0 Å². The van der Waals surface area contributed by atoms with Crippen molar-refractivity contribution in [1.82, 2.24) is 24.8 Å². The first-order chi connectivity index (χ1) is 13.4. The molecule has 2 aromatic rings. The number of anilines is 1. The van der Waals surface area contributed by atoms with Gasteiger partial charge < -0.3 is 14.5 Å². The van der Waals surface area contributed by atoms with Crippen molar-refractivity contribution in [2.45, 2.75) is 13.2 Å². The molecule has 0 spiro atoms. The number of hydrogen-bond donors (Lipinski definition) is 0. The van der Waals surface area contributed by atoms with Crippen LogP contribution < -0.4 is 4.90 Å². The van der Waals surface area contributed by atoms with E-state index in [4.69, 9.17) is 16.3 Å². The van der Waals surface area contributed by atoms with Gasteiger partial charge in [-0.15, -0.1) is 0 Å². The molecule has 1 aliphatic rings. The van der Waals surface area contributed by atoms with Crippen molar-refractivity contribution < 1.29 is 14.3 Å². The first-order valence-electron chi connectivity index (χ1n) is 8.78. The summed E-state index contributed by atoms with van der Waals surface area (Å²) in [6.07, 6.45) is 2.70. The van der Waals surface area contributed by atoms with Crippen molar-refractivity contribution in [3.8, 4) is 0 Å². The van der Waals surface area contributed by atoms with Gasteiger partial charge in [-0.3, -0.25) is 9.78 Å². The maximum atomic E-state index is 12.9. The average molecular weight is 405 g/mol. The Labute approximate surface area is 167 Å². The van der Waals surface area contributed by atoms with E-state index in [1.54, 1.807) is 17.0 Å². The summed E-state index contributed by atoms with van der Waals surface area (Å²) in [4.78, 5) is 42.9. The zero-order valence-electron chi connectivity index (χ0n) is 15.9. The number of likely N-dealkylation sites (N-methyl/N-ethyl adjacent to an activating group) is 2. The SMILES string of the molecule is CCN(CCN(C)C)C(=O)O[C@H]1c2nccnc2C(=O)N1c1ccc(Cl)cn1.